The maximum absolute atomic E-state index is 12.5. The number of amides is 3. The quantitative estimate of drug-likeness (QED) is 0.137. The van der Waals surface area contributed by atoms with Gasteiger partial charge < -0.3 is 37.0 Å². The smallest absolute Gasteiger partial charge is 0.328 e. The fourth-order valence-electron chi connectivity index (χ4n) is 1.97. The maximum Gasteiger partial charge on any atom is 0.328 e. The van der Waals surface area contributed by atoms with Crippen molar-refractivity contribution < 1.29 is 34.5 Å². The largest absolute Gasteiger partial charge is 0.480 e. The van der Waals surface area contributed by atoms with E-state index in [2.05, 4.69) is 28.6 Å². The van der Waals surface area contributed by atoms with E-state index in [1.807, 2.05) is 0 Å². The lowest BCUT2D eigenvalue weighted by Gasteiger charge is -2.26. The lowest BCUT2D eigenvalue weighted by atomic mass is 10.1. The Bertz CT molecular complexity index is 550. The van der Waals surface area contributed by atoms with Crippen LogP contribution in [-0.2, 0) is 19.2 Å². The van der Waals surface area contributed by atoms with Crippen molar-refractivity contribution in [3.05, 3.63) is 0 Å². The number of rotatable bonds is 13. The van der Waals surface area contributed by atoms with Crippen LogP contribution >= 0.6 is 24.4 Å². The van der Waals surface area contributed by atoms with E-state index < -0.39 is 60.6 Å². The number of carboxylic acid groups (broad SMARTS) is 1. The predicted octanol–water partition coefficient (Wildman–Crippen LogP) is -3.09. The second-order valence-electron chi connectivity index (χ2n) is 5.94. The first-order valence-corrected chi connectivity index (χ1v) is 10.4. The van der Waals surface area contributed by atoms with Crippen LogP contribution in [0.3, 0.4) is 0 Å². The van der Waals surface area contributed by atoms with Crippen molar-refractivity contribution in [2.45, 2.75) is 43.6 Å². The number of thiol groups is 1. The van der Waals surface area contributed by atoms with Gasteiger partial charge in [-0.15, -0.1) is 0 Å². The molecule has 0 aromatic heterocycles. The molecule has 8 N–H and O–H groups in total. The number of aliphatic hydroxyl groups excluding tert-OH is 2. The minimum atomic E-state index is -1.53. The highest BCUT2D eigenvalue weighted by Crippen LogP contribution is 2.04. The lowest BCUT2D eigenvalue weighted by molar-refractivity contribution is -0.143. The molecule has 0 radical (unpaired) electrons. The third-order valence-corrected chi connectivity index (χ3v) is 4.67. The number of hydrogen-bond donors (Lipinski definition) is 8. The van der Waals surface area contributed by atoms with Crippen molar-refractivity contribution in [3.63, 3.8) is 0 Å². The number of aliphatic carboxylic acids is 1. The third-order valence-electron chi connectivity index (χ3n) is 3.64. The molecule has 0 aliphatic heterocycles. The maximum atomic E-state index is 12.5. The molecular formula is C15H28N4O7S2. The van der Waals surface area contributed by atoms with E-state index in [0.717, 1.165) is 0 Å². The van der Waals surface area contributed by atoms with Gasteiger partial charge in [-0.2, -0.15) is 24.4 Å². The Hall–Kier alpha value is -1.54. The molecule has 0 aromatic rings. The molecule has 0 saturated carbocycles. The van der Waals surface area contributed by atoms with Gasteiger partial charge in [0, 0.05) is 5.75 Å². The lowest BCUT2D eigenvalue weighted by Crippen LogP contribution is -2.60. The molecule has 3 amide bonds. The van der Waals surface area contributed by atoms with Crippen molar-refractivity contribution in [1.82, 2.24) is 16.0 Å². The minimum Gasteiger partial charge on any atom is -0.480 e. The Kier molecular flexibility index (Phi) is 12.9. The Morgan fingerprint density at radius 1 is 1.07 bits per heavy atom. The van der Waals surface area contributed by atoms with E-state index in [-0.39, 0.29) is 12.2 Å². The number of thioether (sulfide) groups is 1. The van der Waals surface area contributed by atoms with E-state index in [9.17, 15) is 24.3 Å². The summed E-state index contributed by atoms with van der Waals surface area (Å²) >= 11 is 5.28. The van der Waals surface area contributed by atoms with E-state index in [4.69, 9.17) is 15.9 Å². The molecule has 0 spiro atoms. The average molecular weight is 441 g/mol. The van der Waals surface area contributed by atoms with Crippen LogP contribution in [-0.4, -0.2) is 93.7 Å². The van der Waals surface area contributed by atoms with Crippen LogP contribution in [0, 0.1) is 0 Å². The van der Waals surface area contributed by atoms with Gasteiger partial charge >= 0.3 is 5.97 Å². The summed E-state index contributed by atoms with van der Waals surface area (Å²) in [5.74, 6) is -3.30. The molecule has 0 aromatic carbocycles. The summed E-state index contributed by atoms with van der Waals surface area (Å²) in [6.07, 6.45) is 0.652. The zero-order chi connectivity index (χ0) is 21.9. The Morgan fingerprint density at radius 3 is 2.07 bits per heavy atom. The van der Waals surface area contributed by atoms with Gasteiger partial charge in [-0.1, -0.05) is 0 Å². The molecule has 0 bridgehead atoms. The van der Waals surface area contributed by atoms with Crippen LogP contribution in [0.15, 0.2) is 0 Å². The predicted molar refractivity (Wildman–Crippen MR) is 107 cm³/mol. The molecule has 13 heteroatoms. The van der Waals surface area contributed by atoms with Gasteiger partial charge in [-0.3, -0.25) is 14.4 Å². The Labute approximate surface area is 172 Å². The molecule has 0 rings (SSSR count). The number of nitrogens with two attached hydrogens (primary N) is 1. The molecule has 5 unspecified atom stereocenters. The zero-order valence-corrected chi connectivity index (χ0v) is 17.3. The van der Waals surface area contributed by atoms with Crippen LogP contribution in [0.25, 0.3) is 0 Å². The van der Waals surface area contributed by atoms with E-state index in [1.165, 1.54) is 18.7 Å². The normalized spacial score (nSPS) is 16.2. The molecule has 28 heavy (non-hydrogen) atoms. The van der Waals surface area contributed by atoms with E-state index in [0.29, 0.717) is 5.75 Å². The van der Waals surface area contributed by atoms with Gasteiger partial charge in [0.05, 0.1) is 18.8 Å². The summed E-state index contributed by atoms with van der Waals surface area (Å²) in [4.78, 5) is 47.7. The topological polar surface area (TPSA) is 191 Å². The van der Waals surface area contributed by atoms with Crippen molar-refractivity contribution in [2.75, 3.05) is 24.4 Å². The highest BCUT2D eigenvalue weighted by Gasteiger charge is 2.31. The molecule has 0 saturated heterocycles. The van der Waals surface area contributed by atoms with Gasteiger partial charge in [0.1, 0.15) is 18.1 Å². The minimum absolute atomic E-state index is 0.0243. The zero-order valence-electron chi connectivity index (χ0n) is 15.6. The first-order valence-electron chi connectivity index (χ1n) is 8.37. The highest BCUT2D eigenvalue weighted by molar-refractivity contribution is 7.98. The molecule has 0 heterocycles. The highest BCUT2D eigenvalue weighted by atomic mass is 32.2. The van der Waals surface area contributed by atoms with Gasteiger partial charge in [-0.05, 0) is 25.4 Å². The molecule has 162 valence electrons. The van der Waals surface area contributed by atoms with Crippen molar-refractivity contribution in [2.24, 2.45) is 5.73 Å². The van der Waals surface area contributed by atoms with Crippen LogP contribution in [0.2, 0.25) is 0 Å². The number of carbonyl (C=O) groups is 4. The average Bonchev–Trinajstić information content (AvgIpc) is 2.65. The van der Waals surface area contributed by atoms with Crippen LogP contribution < -0.4 is 21.7 Å². The standard InChI is InChI=1S/C15H28N4O7S2/c1-7(21)11(19-12(22)8(16)6-27)14(24)17-9(3-4-28-2)13(23)18-10(5-20)15(25)26/h7-11,20-21,27H,3-6,16H2,1-2H3,(H,17,24)(H,18,23)(H,19,22)(H,25,26). The monoisotopic (exact) mass is 440 g/mol. The Balaban J connectivity index is 5.25. The number of nitrogens with one attached hydrogen (secondary N) is 3. The van der Waals surface area contributed by atoms with Crippen molar-refractivity contribution in [3.8, 4) is 0 Å². The van der Waals surface area contributed by atoms with E-state index in [1.54, 1.807) is 6.26 Å². The summed E-state index contributed by atoms with van der Waals surface area (Å²) in [5.41, 5.74) is 5.53. The second-order valence-corrected chi connectivity index (χ2v) is 7.29. The fraction of sp³-hybridized carbons (Fsp3) is 0.733. The van der Waals surface area contributed by atoms with Crippen molar-refractivity contribution in [1.29, 1.82) is 0 Å². The Morgan fingerprint density at radius 2 is 1.64 bits per heavy atom. The SMILES string of the molecule is CSCCC(NC(=O)C(NC(=O)C(N)CS)C(C)O)C(=O)NC(CO)C(=O)O. The summed E-state index contributed by atoms with van der Waals surface area (Å²) in [6.45, 7) is 0.457. The van der Waals surface area contributed by atoms with Gasteiger partial charge in [0.15, 0.2) is 0 Å². The van der Waals surface area contributed by atoms with Gasteiger partial charge in [-0.25, -0.2) is 4.79 Å². The van der Waals surface area contributed by atoms with Crippen LogP contribution in [0.4, 0.5) is 0 Å². The summed E-state index contributed by atoms with van der Waals surface area (Å²) in [6, 6.07) is -5.03. The van der Waals surface area contributed by atoms with Gasteiger partial charge in [0.25, 0.3) is 0 Å². The summed E-state index contributed by atoms with van der Waals surface area (Å²) in [5, 5.41) is 34.6. The number of aliphatic hydroxyl groups is 2. The molecule has 0 aliphatic rings. The first-order chi connectivity index (χ1) is 13.1. The van der Waals surface area contributed by atoms with Gasteiger partial charge in [0.2, 0.25) is 17.7 Å². The number of hydrogen-bond acceptors (Lipinski definition) is 9. The number of carbonyl (C=O) groups excluding carboxylic acids is 3. The molecular weight excluding hydrogens is 412 g/mol. The molecule has 11 nitrogen and oxygen atoms in total. The molecule has 0 fully saturated rings. The van der Waals surface area contributed by atoms with Crippen LogP contribution in [0.5, 0.6) is 0 Å². The van der Waals surface area contributed by atoms with Crippen molar-refractivity contribution >= 4 is 48.1 Å². The first kappa shape index (κ1) is 26.5. The molecule has 5 atom stereocenters. The summed E-state index contributed by atoms with van der Waals surface area (Å²) in [7, 11) is 0. The molecule has 0 aliphatic carbocycles. The third kappa shape index (κ3) is 9.10. The van der Waals surface area contributed by atoms with Crippen LogP contribution in [0.1, 0.15) is 13.3 Å². The second kappa shape index (κ2) is 13.6. The van der Waals surface area contributed by atoms with E-state index >= 15 is 0 Å². The summed E-state index contributed by atoms with van der Waals surface area (Å²) < 4.78 is 0. The number of carboxylic acids is 1. The fourth-order valence-corrected chi connectivity index (χ4v) is 2.61.